The van der Waals surface area contributed by atoms with Crippen molar-refractivity contribution >= 4 is 43.5 Å². The maximum absolute atomic E-state index is 6.63. The topological polar surface area (TPSA) is 47.9 Å². The first kappa shape index (κ1) is 33.1. The average molecular weight is 764 g/mol. The summed E-state index contributed by atoms with van der Waals surface area (Å²) in [4.78, 5) is 15.9. The number of para-hydroxylation sites is 3. The van der Waals surface area contributed by atoms with Gasteiger partial charge in [-0.15, -0.1) is 0 Å². The summed E-state index contributed by atoms with van der Waals surface area (Å²) in [5.74, 6) is 1.77. The molecule has 0 fully saturated rings. The maximum atomic E-state index is 6.63. The summed E-state index contributed by atoms with van der Waals surface area (Å²) in [5, 5.41) is 5.61. The lowest BCUT2D eigenvalue weighted by Gasteiger charge is -2.39. The van der Waals surface area contributed by atoms with Crippen molar-refractivity contribution in [3.05, 3.63) is 222 Å². The molecule has 0 unspecified atom stereocenters. The molecule has 2 aliphatic rings. The minimum Gasteiger partial charge on any atom is -0.457 e. The van der Waals surface area contributed by atoms with Crippen LogP contribution in [-0.2, 0) is 5.41 Å². The van der Waals surface area contributed by atoms with Gasteiger partial charge < -0.3 is 4.74 Å². The van der Waals surface area contributed by atoms with Crippen molar-refractivity contribution < 1.29 is 4.74 Å². The minimum absolute atomic E-state index is 0.568. The van der Waals surface area contributed by atoms with Crippen molar-refractivity contribution in [1.29, 1.82) is 0 Å². The highest BCUT2D eigenvalue weighted by Gasteiger charge is 2.51. The number of hydrogen-bond donors (Lipinski definition) is 0. The molecule has 4 heterocycles. The Morgan fingerprint density at radius 3 is 1.62 bits per heavy atom. The molecular formula is C56H33N3O. The third-order valence-electron chi connectivity index (χ3n) is 12.7. The number of nitrogens with zero attached hydrogens (tertiary/aromatic N) is 3. The summed E-state index contributed by atoms with van der Waals surface area (Å²) < 4.78 is 6.63. The first-order valence-electron chi connectivity index (χ1n) is 20.4. The zero-order valence-electron chi connectivity index (χ0n) is 32.3. The normalized spacial score (nSPS) is 13.3. The molecule has 0 N–H and O–H groups in total. The Balaban J connectivity index is 1.02. The van der Waals surface area contributed by atoms with Gasteiger partial charge in [-0.2, -0.15) is 0 Å². The number of hydrogen-bond acceptors (Lipinski definition) is 4. The van der Waals surface area contributed by atoms with Crippen molar-refractivity contribution in [3.8, 4) is 56.4 Å². The van der Waals surface area contributed by atoms with Gasteiger partial charge in [0.2, 0.25) is 0 Å². The molecule has 0 amide bonds. The number of benzene rings is 8. The molecule has 0 saturated heterocycles. The Morgan fingerprint density at radius 2 is 0.917 bits per heavy atom. The Hall–Kier alpha value is -7.95. The van der Waals surface area contributed by atoms with E-state index in [2.05, 4.69) is 182 Å². The van der Waals surface area contributed by atoms with Gasteiger partial charge in [0.05, 0.1) is 39.0 Å². The molecule has 1 spiro atoms. The molecule has 4 heteroatoms. The second-order valence-electron chi connectivity index (χ2n) is 15.8. The van der Waals surface area contributed by atoms with Crippen LogP contribution in [0.2, 0.25) is 0 Å². The lowest BCUT2D eigenvalue weighted by Crippen LogP contribution is -2.32. The molecule has 1 aliphatic carbocycles. The fourth-order valence-corrected chi connectivity index (χ4v) is 10.1. The van der Waals surface area contributed by atoms with E-state index in [4.69, 9.17) is 19.7 Å². The molecule has 0 saturated carbocycles. The molecule has 13 rings (SSSR count). The Labute approximate surface area is 346 Å². The van der Waals surface area contributed by atoms with E-state index in [0.717, 1.165) is 94.5 Å². The molecule has 8 aromatic carbocycles. The number of rotatable bonds is 3. The van der Waals surface area contributed by atoms with Crippen molar-refractivity contribution in [1.82, 2.24) is 15.0 Å². The molecule has 60 heavy (non-hydrogen) atoms. The van der Waals surface area contributed by atoms with E-state index >= 15 is 0 Å². The summed E-state index contributed by atoms with van der Waals surface area (Å²) in [6.07, 6.45) is 0. The van der Waals surface area contributed by atoms with E-state index in [0.29, 0.717) is 0 Å². The van der Waals surface area contributed by atoms with E-state index in [1.165, 1.54) is 27.6 Å². The van der Waals surface area contributed by atoms with Crippen LogP contribution in [0.4, 0.5) is 0 Å². The average Bonchev–Trinajstić information content (AvgIpc) is 3.62. The highest BCUT2D eigenvalue weighted by atomic mass is 16.5. The quantitative estimate of drug-likeness (QED) is 0.168. The van der Waals surface area contributed by atoms with Crippen LogP contribution >= 0.6 is 0 Å². The number of fused-ring (bicyclic) bond motifs is 16. The van der Waals surface area contributed by atoms with Gasteiger partial charge in [0.25, 0.3) is 0 Å². The van der Waals surface area contributed by atoms with Crippen LogP contribution in [0, 0.1) is 0 Å². The van der Waals surface area contributed by atoms with Gasteiger partial charge in [0, 0.05) is 49.4 Å². The second kappa shape index (κ2) is 12.5. The van der Waals surface area contributed by atoms with Gasteiger partial charge in [-0.3, -0.25) is 0 Å². The Bertz CT molecular complexity index is 3530. The van der Waals surface area contributed by atoms with Gasteiger partial charge in [0.15, 0.2) is 0 Å². The van der Waals surface area contributed by atoms with Gasteiger partial charge in [-0.05, 0) is 58.0 Å². The summed E-state index contributed by atoms with van der Waals surface area (Å²) in [6, 6.07) is 71.1. The zero-order valence-corrected chi connectivity index (χ0v) is 32.3. The maximum Gasteiger partial charge on any atom is 0.132 e. The first-order valence-corrected chi connectivity index (χ1v) is 20.4. The van der Waals surface area contributed by atoms with Crippen LogP contribution in [0.5, 0.6) is 11.5 Å². The summed E-state index contributed by atoms with van der Waals surface area (Å²) in [7, 11) is 0. The van der Waals surface area contributed by atoms with Crippen molar-refractivity contribution in [3.63, 3.8) is 0 Å². The molecule has 3 aromatic heterocycles. The fraction of sp³-hybridized carbons (Fsp3) is 0.0179. The molecule has 0 bridgehead atoms. The fourth-order valence-electron chi connectivity index (χ4n) is 10.1. The van der Waals surface area contributed by atoms with E-state index < -0.39 is 5.41 Å². The van der Waals surface area contributed by atoms with Crippen LogP contribution in [0.25, 0.3) is 88.4 Å². The molecular weight excluding hydrogens is 731 g/mol. The van der Waals surface area contributed by atoms with Gasteiger partial charge in [-0.25, -0.2) is 15.0 Å². The largest absolute Gasteiger partial charge is 0.457 e. The first-order chi connectivity index (χ1) is 29.7. The van der Waals surface area contributed by atoms with Crippen molar-refractivity contribution in [2.75, 3.05) is 0 Å². The van der Waals surface area contributed by atoms with Gasteiger partial charge >= 0.3 is 0 Å². The monoisotopic (exact) mass is 763 g/mol. The van der Waals surface area contributed by atoms with E-state index in [1.54, 1.807) is 0 Å². The highest BCUT2D eigenvalue weighted by Crippen LogP contribution is 2.63. The molecule has 1 aliphatic heterocycles. The van der Waals surface area contributed by atoms with Crippen LogP contribution in [-0.4, -0.2) is 15.0 Å². The second-order valence-corrected chi connectivity index (χ2v) is 15.8. The van der Waals surface area contributed by atoms with Crippen LogP contribution in [0.3, 0.4) is 0 Å². The number of aromatic nitrogens is 3. The molecule has 278 valence electrons. The molecule has 0 atom stereocenters. The van der Waals surface area contributed by atoms with Crippen LogP contribution in [0.1, 0.15) is 22.3 Å². The lowest BCUT2D eigenvalue weighted by molar-refractivity contribution is 0.436. The summed E-state index contributed by atoms with van der Waals surface area (Å²) in [5.41, 5.74) is 15.4. The van der Waals surface area contributed by atoms with Crippen LogP contribution in [0.15, 0.2) is 200 Å². The van der Waals surface area contributed by atoms with Crippen LogP contribution < -0.4 is 4.74 Å². The predicted octanol–water partition coefficient (Wildman–Crippen LogP) is 14.0. The van der Waals surface area contributed by atoms with Crippen molar-refractivity contribution in [2.45, 2.75) is 5.41 Å². The summed E-state index contributed by atoms with van der Waals surface area (Å²) >= 11 is 0. The highest BCUT2D eigenvalue weighted by molar-refractivity contribution is 6.18. The number of ether oxygens (including phenoxy) is 1. The molecule has 11 aromatic rings. The predicted molar refractivity (Wildman–Crippen MR) is 244 cm³/mol. The minimum atomic E-state index is -0.568. The van der Waals surface area contributed by atoms with Gasteiger partial charge in [0.1, 0.15) is 11.5 Å². The molecule has 4 nitrogen and oxygen atoms in total. The zero-order chi connectivity index (χ0) is 39.4. The third-order valence-corrected chi connectivity index (χ3v) is 12.7. The standard InChI is InChI=1S/C56H33N3O/c1-2-12-34(13-3-1)46-32-28-37-26-27-38-29-33-47(58-55(38)54(37)57-46)35-22-24-36(25-23-35)53-52-40(39-14-5-9-19-48(39)59-53)30-31-45-51(52)41-15-4-6-16-42(41)56(45)43-17-7-10-20-49(43)60-50-21-11-8-18-44(50)56/h1-33H. The molecule has 0 radical (unpaired) electrons. The lowest BCUT2D eigenvalue weighted by atomic mass is 9.66. The number of pyridine rings is 3. The Kier molecular flexibility index (Phi) is 6.90. The third kappa shape index (κ3) is 4.59. The van der Waals surface area contributed by atoms with Crippen molar-refractivity contribution in [2.24, 2.45) is 0 Å². The summed E-state index contributed by atoms with van der Waals surface area (Å²) in [6.45, 7) is 0. The van der Waals surface area contributed by atoms with E-state index in [-0.39, 0.29) is 0 Å². The Morgan fingerprint density at radius 1 is 0.367 bits per heavy atom. The SMILES string of the molecule is c1ccc(-c2ccc3ccc4ccc(-c5ccc(-c6nc7ccccc7c7ccc8c(c67)-c6ccccc6C86c7ccccc7Oc7ccccc76)cc5)nc4c3n2)cc1. The van der Waals surface area contributed by atoms with E-state index in [9.17, 15) is 0 Å². The van der Waals surface area contributed by atoms with Gasteiger partial charge in [-0.1, -0.05) is 170 Å². The smallest absolute Gasteiger partial charge is 0.132 e. The van der Waals surface area contributed by atoms with E-state index in [1.807, 2.05) is 18.2 Å².